The number of rotatable bonds is 4. The van der Waals surface area contributed by atoms with Gasteiger partial charge in [-0.15, -0.1) is 11.8 Å². The van der Waals surface area contributed by atoms with Crippen molar-refractivity contribution >= 4 is 11.8 Å². The van der Waals surface area contributed by atoms with Crippen molar-refractivity contribution in [3.63, 3.8) is 0 Å². The van der Waals surface area contributed by atoms with Crippen LogP contribution >= 0.6 is 11.8 Å². The molecule has 1 nitrogen and oxygen atoms in total. The summed E-state index contributed by atoms with van der Waals surface area (Å²) in [6, 6.07) is 4.74. The van der Waals surface area contributed by atoms with Crippen molar-refractivity contribution in [1.82, 2.24) is 0 Å². The van der Waals surface area contributed by atoms with Gasteiger partial charge in [-0.25, -0.2) is 4.39 Å². The summed E-state index contributed by atoms with van der Waals surface area (Å²) in [6.45, 7) is 6.20. The second-order valence-corrected chi connectivity index (χ2v) is 5.29. The van der Waals surface area contributed by atoms with Crippen LogP contribution in [0.4, 0.5) is 4.39 Å². The number of nitrogens with two attached hydrogens (primary N) is 1. The van der Waals surface area contributed by atoms with Gasteiger partial charge in [-0.3, -0.25) is 0 Å². The van der Waals surface area contributed by atoms with Gasteiger partial charge in [0.05, 0.1) is 0 Å². The average molecular weight is 227 g/mol. The molecule has 0 aliphatic rings. The van der Waals surface area contributed by atoms with Gasteiger partial charge in [0.25, 0.3) is 0 Å². The van der Waals surface area contributed by atoms with Crippen LogP contribution in [0.25, 0.3) is 0 Å². The van der Waals surface area contributed by atoms with E-state index in [1.165, 1.54) is 12.1 Å². The van der Waals surface area contributed by atoms with Crippen molar-refractivity contribution in [2.24, 2.45) is 5.73 Å². The second-order valence-electron chi connectivity index (χ2n) is 3.81. The number of hydrogen-bond donors (Lipinski definition) is 1. The van der Waals surface area contributed by atoms with E-state index in [0.29, 0.717) is 5.25 Å². The van der Waals surface area contributed by atoms with E-state index >= 15 is 0 Å². The molecule has 0 aliphatic carbocycles. The Kier molecular flexibility index (Phi) is 4.61. The topological polar surface area (TPSA) is 26.0 Å². The van der Waals surface area contributed by atoms with Gasteiger partial charge >= 0.3 is 0 Å². The SMILES string of the molecule is CCC(C)Sc1ccc(F)cc1[C@H](C)N. The Labute approximate surface area is 95.2 Å². The minimum atomic E-state index is -0.212. The van der Waals surface area contributed by atoms with E-state index in [-0.39, 0.29) is 11.9 Å². The first-order chi connectivity index (χ1) is 7.04. The minimum absolute atomic E-state index is 0.118. The predicted molar refractivity (Wildman–Crippen MR) is 64.6 cm³/mol. The van der Waals surface area contributed by atoms with Gasteiger partial charge in [-0.05, 0) is 37.1 Å². The summed E-state index contributed by atoms with van der Waals surface area (Å²) in [5, 5.41) is 0.535. The van der Waals surface area contributed by atoms with Crippen molar-refractivity contribution in [2.45, 2.75) is 43.4 Å². The van der Waals surface area contributed by atoms with Gasteiger partial charge in [0, 0.05) is 16.2 Å². The van der Waals surface area contributed by atoms with E-state index in [0.717, 1.165) is 16.9 Å². The molecule has 0 radical (unpaired) electrons. The molecule has 0 fully saturated rings. The third-order valence-corrected chi connectivity index (χ3v) is 3.73. The van der Waals surface area contributed by atoms with E-state index in [4.69, 9.17) is 5.73 Å². The van der Waals surface area contributed by atoms with E-state index in [2.05, 4.69) is 13.8 Å². The molecule has 0 amide bonds. The molecule has 1 unspecified atom stereocenters. The predicted octanol–water partition coefficient (Wildman–Crippen LogP) is 3.74. The molecule has 0 aromatic heterocycles. The first kappa shape index (κ1) is 12.5. The monoisotopic (exact) mass is 227 g/mol. The van der Waals surface area contributed by atoms with E-state index in [9.17, 15) is 4.39 Å². The maximum atomic E-state index is 13.1. The summed E-state index contributed by atoms with van der Waals surface area (Å²) in [6.07, 6.45) is 1.10. The van der Waals surface area contributed by atoms with Gasteiger partial charge in [-0.1, -0.05) is 13.8 Å². The molecule has 0 spiro atoms. The van der Waals surface area contributed by atoms with Crippen LogP contribution in [0.15, 0.2) is 23.1 Å². The molecule has 0 aliphatic heterocycles. The summed E-state index contributed by atoms with van der Waals surface area (Å²) in [5.41, 5.74) is 6.72. The van der Waals surface area contributed by atoms with Crippen LogP contribution in [0.5, 0.6) is 0 Å². The Morgan fingerprint density at radius 1 is 1.40 bits per heavy atom. The largest absolute Gasteiger partial charge is 0.324 e. The van der Waals surface area contributed by atoms with Crippen molar-refractivity contribution in [3.05, 3.63) is 29.6 Å². The summed E-state index contributed by atoms with van der Waals surface area (Å²) in [7, 11) is 0. The molecular weight excluding hydrogens is 209 g/mol. The number of thioether (sulfide) groups is 1. The zero-order chi connectivity index (χ0) is 11.4. The Balaban J connectivity index is 2.95. The zero-order valence-corrected chi connectivity index (χ0v) is 10.3. The van der Waals surface area contributed by atoms with Crippen LogP contribution < -0.4 is 5.73 Å². The standard InChI is InChI=1S/C12H18FNS/c1-4-8(2)15-12-6-5-10(13)7-11(12)9(3)14/h5-9H,4,14H2,1-3H3/t8?,9-/m0/s1. The smallest absolute Gasteiger partial charge is 0.123 e. The Morgan fingerprint density at radius 2 is 2.07 bits per heavy atom. The molecule has 2 N–H and O–H groups in total. The maximum Gasteiger partial charge on any atom is 0.123 e. The number of hydrogen-bond acceptors (Lipinski definition) is 2. The van der Waals surface area contributed by atoms with Gasteiger partial charge in [0.1, 0.15) is 5.82 Å². The fourth-order valence-corrected chi connectivity index (χ4v) is 2.41. The normalized spacial score (nSPS) is 15.0. The fraction of sp³-hybridized carbons (Fsp3) is 0.500. The van der Waals surface area contributed by atoms with Gasteiger partial charge in [0.15, 0.2) is 0 Å². The summed E-state index contributed by atoms with van der Waals surface area (Å²) >= 11 is 1.76. The molecule has 1 aromatic carbocycles. The van der Waals surface area contributed by atoms with Crippen molar-refractivity contribution in [1.29, 1.82) is 0 Å². The molecule has 2 atom stereocenters. The molecule has 84 valence electrons. The van der Waals surface area contributed by atoms with Gasteiger partial charge in [-0.2, -0.15) is 0 Å². The lowest BCUT2D eigenvalue weighted by Crippen LogP contribution is -2.07. The lowest BCUT2D eigenvalue weighted by molar-refractivity contribution is 0.619. The van der Waals surface area contributed by atoms with Crippen LogP contribution in [0, 0.1) is 5.82 Å². The highest BCUT2D eigenvalue weighted by atomic mass is 32.2. The highest BCUT2D eigenvalue weighted by molar-refractivity contribution is 8.00. The van der Waals surface area contributed by atoms with Gasteiger partial charge < -0.3 is 5.73 Å². The molecule has 1 rings (SSSR count). The van der Waals surface area contributed by atoms with Gasteiger partial charge in [0.2, 0.25) is 0 Å². The van der Waals surface area contributed by atoms with E-state index < -0.39 is 0 Å². The summed E-state index contributed by atoms with van der Waals surface area (Å²) in [5.74, 6) is -0.212. The zero-order valence-electron chi connectivity index (χ0n) is 9.46. The van der Waals surface area contributed by atoms with Crippen molar-refractivity contribution < 1.29 is 4.39 Å². The molecule has 0 saturated carbocycles. The van der Waals surface area contributed by atoms with Crippen LogP contribution in [0.3, 0.4) is 0 Å². The summed E-state index contributed by atoms with van der Waals surface area (Å²) < 4.78 is 13.1. The molecule has 1 aromatic rings. The lowest BCUT2D eigenvalue weighted by atomic mass is 10.1. The second kappa shape index (κ2) is 5.52. The molecule has 0 heterocycles. The molecule has 0 saturated heterocycles. The average Bonchev–Trinajstić information content (AvgIpc) is 2.20. The van der Waals surface area contributed by atoms with Crippen molar-refractivity contribution in [2.75, 3.05) is 0 Å². The third-order valence-electron chi connectivity index (χ3n) is 2.37. The minimum Gasteiger partial charge on any atom is -0.324 e. The highest BCUT2D eigenvalue weighted by Crippen LogP contribution is 2.31. The maximum absolute atomic E-state index is 13.1. The van der Waals surface area contributed by atoms with E-state index in [1.54, 1.807) is 11.8 Å². The number of benzene rings is 1. The van der Waals surface area contributed by atoms with Crippen LogP contribution in [0.2, 0.25) is 0 Å². The highest BCUT2D eigenvalue weighted by Gasteiger charge is 2.11. The number of halogens is 1. The first-order valence-corrected chi connectivity index (χ1v) is 6.14. The third kappa shape index (κ3) is 3.50. The van der Waals surface area contributed by atoms with Crippen molar-refractivity contribution in [3.8, 4) is 0 Å². The first-order valence-electron chi connectivity index (χ1n) is 5.26. The van der Waals surface area contributed by atoms with Crippen LogP contribution in [0.1, 0.15) is 38.8 Å². The molecule has 3 heteroatoms. The lowest BCUT2D eigenvalue weighted by Gasteiger charge is -2.15. The molecule has 0 bridgehead atoms. The Morgan fingerprint density at radius 3 is 2.60 bits per heavy atom. The molecular formula is C12H18FNS. The molecule has 15 heavy (non-hydrogen) atoms. The van der Waals surface area contributed by atoms with E-state index in [1.807, 2.05) is 13.0 Å². The Bertz CT molecular complexity index is 325. The fourth-order valence-electron chi connectivity index (χ4n) is 1.28. The Hall–Kier alpha value is -0.540. The quantitative estimate of drug-likeness (QED) is 0.793. The van der Waals surface area contributed by atoms with Crippen LogP contribution in [-0.4, -0.2) is 5.25 Å². The van der Waals surface area contributed by atoms with Crippen LogP contribution in [-0.2, 0) is 0 Å². The summed E-state index contributed by atoms with van der Waals surface area (Å²) in [4.78, 5) is 1.10.